The van der Waals surface area contributed by atoms with Gasteiger partial charge >= 0.3 is 0 Å². The predicted octanol–water partition coefficient (Wildman–Crippen LogP) is 4.34. The van der Waals surface area contributed by atoms with Crippen molar-refractivity contribution < 1.29 is 0 Å². The fourth-order valence-corrected chi connectivity index (χ4v) is 4.49. The van der Waals surface area contributed by atoms with Gasteiger partial charge in [-0.3, -0.25) is 0 Å². The van der Waals surface area contributed by atoms with Gasteiger partial charge in [-0.05, 0) is 25.2 Å². The lowest BCUT2D eigenvalue weighted by molar-refractivity contribution is 0.313. The van der Waals surface area contributed by atoms with Crippen LogP contribution < -0.4 is 10.2 Å². The zero-order valence-electron chi connectivity index (χ0n) is 15.2. The van der Waals surface area contributed by atoms with Crippen LogP contribution in [-0.2, 0) is 0 Å². The molecule has 3 heterocycles. The van der Waals surface area contributed by atoms with Gasteiger partial charge in [-0.2, -0.15) is 0 Å². The second-order valence-corrected chi connectivity index (χ2v) is 7.89. The topological polar surface area (TPSA) is 44.3 Å². The molecule has 0 atom stereocenters. The SMILES string of the molecule is CN1CCN(c2nc3c(Nc4ccccc4)c4ccccc4nc3s2)CC1. The number of benzene rings is 2. The Kier molecular flexibility index (Phi) is 4.14. The average Bonchev–Trinajstić information content (AvgIpc) is 3.13. The molecule has 0 spiro atoms. The lowest BCUT2D eigenvalue weighted by Gasteiger charge is -2.31. The van der Waals surface area contributed by atoms with E-state index in [1.807, 2.05) is 24.3 Å². The molecule has 0 radical (unpaired) electrons. The number of aromatic nitrogens is 2. The Morgan fingerprint density at radius 2 is 1.63 bits per heavy atom. The number of hydrogen-bond acceptors (Lipinski definition) is 6. The molecule has 1 N–H and O–H groups in total. The number of thiazole rings is 1. The second kappa shape index (κ2) is 6.79. The highest BCUT2D eigenvalue weighted by Crippen LogP contribution is 2.37. The van der Waals surface area contributed by atoms with Gasteiger partial charge in [-0.15, -0.1) is 0 Å². The standard InChI is InChI=1S/C21H21N5S/c1-25-11-13-26(14-12-25)21-24-19-18(22-15-7-3-2-4-8-15)16-9-5-6-10-17(16)23-20(19)27-21/h2-10H,11-14H2,1H3,(H,22,23). The molecule has 0 unspecified atom stereocenters. The maximum atomic E-state index is 5.01. The van der Waals surface area contributed by atoms with Crippen LogP contribution in [0, 0.1) is 0 Å². The van der Waals surface area contributed by atoms with E-state index in [2.05, 4.69) is 52.5 Å². The van der Waals surface area contributed by atoms with E-state index in [0.717, 1.165) is 63.9 Å². The molecule has 5 rings (SSSR count). The van der Waals surface area contributed by atoms with Gasteiger partial charge in [-0.25, -0.2) is 9.97 Å². The zero-order chi connectivity index (χ0) is 18.2. The number of nitrogens with one attached hydrogen (secondary N) is 1. The first kappa shape index (κ1) is 16.5. The zero-order valence-corrected chi connectivity index (χ0v) is 16.0. The minimum absolute atomic E-state index is 0.955. The Labute approximate surface area is 162 Å². The van der Waals surface area contributed by atoms with Gasteiger partial charge in [-0.1, -0.05) is 47.7 Å². The summed E-state index contributed by atoms with van der Waals surface area (Å²) >= 11 is 1.69. The van der Waals surface area contributed by atoms with Gasteiger partial charge in [0.15, 0.2) is 5.13 Å². The van der Waals surface area contributed by atoms with Crippen LogP contribution in [0.25, 0.3) is 21.3 Å². The van der Waals surface area contributed by atoms with Crippen molar-refractivity contribution in [2.75, 3.05) is 43.4 Å². The minimum Gasteiger partial charge on any atom is -0.353 e. The molecule has 5 nitrogen and oxygen atoms in total. The number of likely N-dealkylation sites (N-methyl/N-ethyl adjacent to an activating group) is 1. The number of nitrogens with zero attached hydrogens (tertiary/aromatic N) is 4. The molecular weight excluding hydrogens is 354 g/mol. The minimum atomic E-state index is 0.955. The molecular formula is C21H21N5S. The summed E-state index contributed by atoms with van der Waals surface area (Å²) < 4.78 is 0. The summed E-state index contributed by atoms with van der Waals surface area (Å²) in [6, 6.07) is 18.5. The van der Waals surface area contributed by atoms with Crippen LogP contribution in [-0.4, -0.2) is 48.1 Å². The first-order valence-electron chi connectivity index (χ1n) is 9.23. The van der Waals surface area contributed by atoms with Crippen molar-refractivity contribution in [3.05, 3.63) is 54.6 Å². The van der Waals surface area contributed by atoms with Gasteiger partial charge < -0.3 is 15.1 Å². The van der Waals surface area contributed by atoms with Crippen molar-refractivity contribution in [2.24, 2.45) is 0 Å². The van der Waals surface area contributed by atoms with Crippen molar-refractivity contribution in [1.29, 1.82) is 0 Å². The number of fused-ring (bicyclic) bond motifs is 2. The van der Waals surface area contributed by atoms with Gasteiger partial charge in [0.05, 0.1) is 11.2 Å². The molecule has 1 aliphatic heterocycles. The van der Waals surface area contributed by atoms with E-state index in [1.54, 1.807) is 11.3 Å². The highest BCUT2D eigenvalue weighted by Gasteiger charge is 2.20. The fraction of sp³-hybridized carbons (Fsp3) is 0.238. The highest BCUT2D eigenvalue weighted by molar-refractivity contribution is 7.22. The van der Waals surface area contributed by atoms with Crippen molar-refractivity contribution in [1.82, 2.24) is 14.9 Å². The van der Waals surface area contributed by atoms with Crippen LogP contribution in [0.4, 0.5) is 16.5 Å². The summed E-state index contributed by atoms with van der Waals surface area (Å²) in [5, 5.41) is 5.76. The second-order valence-electron chi connectivity index (χ2n) is 6.94. The smallest absolute Gasteiger partial charge is 0.188 e. The molecule has 4 aromatic rings. The first-order valence-corrected chi connectivity index (χ1v) is 10.0. The number of pyridine rings is 1. The third-order valence-electron chi connectivity index (χ3n) is 5.05. The maximum absolute atomic E-state index is 5.01. The fourth-order valence-electron chi connectivity index (χ4n) is 3.48. The Hall–Kier alpha value is -2.70. The van der Waals surface area contributed by atoms with Crippen LogP contribution in [0.3, 0.4) is 0 Å². The van der Waals surface area contributed by atoms with Crippen LogP contribution in [0.5, 0.6) is 0 Å². The summed E-state index contributed by atoms with van der Waals surface area (Å²) in [4.78, 5) is 15.6. The Bertz CT molecular complexity index is 1080. The van der Waals surface area contributed by atoms with Crippen LogP contribution >= 0.6 is 11.3 Å². The summed E-state index contributed by atoms with van der Waals surface area (Å²) in [7, 11) is 2.17. The Balaban J connectivity index is 1.64. The molecule has 2 aromatic carbocycles. The van der Waals surface area contributed by atoms with Crippen molar-refractivity contribution in [3.8, 4) is 0 Å². The molecule has 0 aliphatic carbocycles. The molecule has 6 heteroatoms. The molecule has 0 saturated carbocycles. The molecule has 0 amide bonds. The van der Waals surface area contributed by atoms with E-state index in [0.29, 0.717) is 0 Å². The largest absolute Gasteiger partial charge is 0.353 e. The molecule has 0 bridgehead atoms. The Morgan fingerprint density at radius 1 is 0.889 bits per heavy atom. The van der Waals surface area contributed by atoms with Crippen LogP contribution in [0.15, 0.2) is 54.6 Å². The summed E-state index contributed by atoms with van der Waals surface area (Å²) in [5.74, 6) is 0. The quantitative estimate of drug-likeness (QED) is 0.577. The molecule has 1 aliphatic rings. The van der Waals surface area contributed by atoms with E-state index in [9.17, 15) is 0 Å². The summed E-state index contributed by atoms with van der Waals surface area (Å²) in [5.41, 5.74) is 4.05. The van der Waals surface area contributed by atoms with E-state index < -0.39 is 0 Å². The first-order chi connectivity index (χ1) is 13.3. The van der Waals surface area contributed by atoms with Gasteiger partial charge in [0.2, 0.25) is 0 Å². The van der Waals surface area contributed by atoms with E-state index in [-0.39, 0.29) is 0 Å². The monoisotopic (exact) mass is 375 g/mol. The maximum Gasteiger partial charge on any atom is 0.188 e. The molecule has 2 aromatic heterocycles. The van der Waals surface area contributed by atoms with Crippen molar-refractivity contribution in [2.45, 2.75) is 0 Å². The van der Waals surface area contributed by atoms with Crippen molar-refractivity contribution >= 4 is 49.1 Å². The number of hydrogen-bond donors (Lipinski definition) is 1. The molecule has 27 heavy (non-hydrogen) atoms. The lowest BCUT2D eigenvalue weighted by Crippen LogP contribution is -2.44. The predicted molar refractivity (Wildman–Crippen MR) is 114 cm³/mol. The Morgan fingerprint density at radius 3 is 2.44 bits per heavy atom. The van der Waals surface area contributed by atoms with Crippen LogP contribution in [0.2, 0.25) is 0 Å². The highest BCUT2D eigenvalue weighted by atomic mass is 32.1. The summed E-state index contributed by atoms with van der Waals surface area (Å²) in [6.45, 7) is 4.16. The van der Waals surface area contributed by atoms with E-state index in [4.69, 9.17) is 9.97 Å². The van der Waals surface area contributed by atoms with Crippen molar-refractivity contribution in [3.63, 3.8) is 0 Å². The third-order valence-corrected chi connectivity index (χ3v) is 6.06. The molecule has 136 valence electrons. The van der Waals surface area contributed by atoms with E-state index in [1.165, 1.54) is 0 Å². The molecule has 1 fully saturated rings. The average molecular weight is 376 g/mol. The van der Waals surface area contributed by atoms with Crippen LogP contribution in [0.1, 0.15) is 0 Å². The third kappa shape index (κ3) is 3.11. The number of piperazine rings is 1. The number of anilines is 3. The molecule has 1 saturated heterocycles. The number of para-hydroxylation sites is 2. The normalized spacial score (nSPS) is 15.5. The summed E-state index contributed by atoms with van der Waals surface area (Å²) in [6.07, 6.45) is 0. The number of rotatable bonds is 3. The van der Waals surface area contributed by atoms with Gasteiger partial charge in [0.25, 0.3) is 0 Å². The van der Waals surface area contributed by atoms with E-state index >= 15 is 0 Å². The van der Waals surface area contributed by atoms with Gasteiger partial charge in [0.1, 0.15) is 10.3 Å². The lowest BCUT2D eigenvalue weighted by atomic mass is 10.1. The van der Waals surface area contributed by atoms with Gasteiger partial charge in [0, 0.05) is 37.3 Å².